The van der Waals surface area contributed by atoms with Gasteiger partial charge in [-0.25, -0.2) is 0 Å². The lowest BCUT2D eigenvalue weighted by atomic mass is 10.1. The minimum Gasteiger partial charge on any atom is -0.387 e. The zero-order valence-electron chi connectivity index (χ0n) is 13.6. The van der Waals surface area contributed by atoms with Gasteiger partial charge in [-0.05, 0) is 19.1 Å². The molecule has 1 aromatic carbocycles. The number of benzene rings is 1. The summed E-state index contributed by atoms with van der Waals surface area (Å²) in [5.74, 6) is 0.921. The molecule has 1 N–H and O–H groups in total. The standard InChI is InChI=1S/C17H22N4O2/c1-13-11-14(19-23-13)12-20-7-9-21(10-8-20)17(22)15-5-3-4-6-16(15)18-2/h3-6,11,18H,7-10,12H2,1-2H3. The number of anilines is 1. The van der Waals surface area contributed by atoms with Crippen LogP contribution in [-0.4, -0.2) is 54.1 Å². The predicted molar refractivity (Wildman–Crippen MR) is 88.4 cm³/mol. The summed E-state index contributed by atoms with van der Waals surface area (Å²) in [6, 6.07) is 9.59. The van der Waals surface area contributed by atoms with E-state index in [1.807, 2.05) is 49.2 Å². The second-order valence-electron chi connectivity index (χ2n) is 5.79. The van der Waals surface area contributed by atoms with Crippen LogP contribution in [0.15, 0.2) is 34.9 Å². The Kier molecular flexibility index (Phi) is 4.62. The number of aromatic nitrogens is 1. The van der Waals surface area contributed by atoms with Gasteiger partial charge >= 0.3 is 0 Å². The molecule has 1 saturated heterocycles. The summed E-state index contributed by atoms with van der Waals surface area (Å²) in [7, 11) is 1.84. The number of hydrogen-bond acceptors (Lipinski definition) is 5. The second kappa shape index (κ2) is 6.83. The second-order valence-corrected chi connectivity index (χ2v) is 5.79. The lowest BCUT2D eigenvalue weighted by molar-refractivity contribution is 0.0626. The van der Waals surface area contributed by atoms with Crippen LogP contribution in [0.5, 0.6) is 0 Å². The van der Waals surface area contributed by atoms with E-state index in [1.165, 1.54) is 0 Å². The van der Waals surface area contributed by atoms with Crippen molar-refractivity contribution in [3.05, 3.63) is 47.3 Å². The van der Waals surface area contributed by atoms with Crippen molar-refractivity contribution >= 4 is 11.6 Å². The highest BCUT2D eigenvalue weighted by molar-refractivity contribution is 5.99. The Labute approximate surface area is 136 Å². The Morgan fingerprint density at radius 1 is 1.26 bits per heavy atom. The van der Waals surface area contributed by atoms with E-state index in [1.54, 1.807) is 0 Å². The molecule has 0 aliphatic carbocycles. The van der Waals surface area contributed by atoms with Crippen molar-refractivity contribution in [2.75, 3.05) is 38.5 Å². The van der Waals surface area contributed by atoms with E-state index in [-0.39, 0.29) is 5.91 Å². The number of piperazine rings is 1. The third-order valence-corrected chi connectivity index (χ3v) is 4.15. The Morgan fingerprint density at radius 3 is 2.65 bits per heavy atom. The molecule has 6 nitrogen and oxygen atoms in total. The number of nitrogens with one attached hydrogen (secondary N) is 1. The van der Waals surface area contributed by atoms with Gasteiger partial charge in [0.1, 0.15) is 5.76 Å². The third-order valence-electron chi connectivity index (χ3n) is 4.15. The molecule has 0 atom stereocenters. The van der Waals surface area contributed by atoms with E-state index >= 15 is 0 Å². The number of aryl methyl sites for hydroxylation is 1. The summed E-state index contributed by atoms with van der Waals surface area (Å²) in [5, 5.41) is 7.11. The molecule has 1 aromatic heterocycles. The molecule has 1 aliphatic rings. The summed E-state index contributed by atoms with van der Waals surface area (Å²) >= 11 is 0. The first kappa shape index (κ1) is 15.6. The molecule has 2 aromatic rings. The minimum absolute atomic E-state index is 0.0897. The normalized spacial score (nSPS) is 15.7. The highest BCUT2D eigenvalue weighted by Gasteiger charge is 2.24. The SMILES string of the molecule is CNc1ccccc1C(=O)N1CCN(Cc2cc(C)on2)CC1. The van der Waals surface area contributed by atoms with Gasteiger partial charge in [-0.2, -0.15) is 0 Å². The molecular formula is C17H22N4O2. The quantitative estimate of drug-likeness (QED) is 0.935. The van der Waals surface area contributed by atoms with Gasteiger partial charge in [-0.1, -0.05) is 17.3 Å². The summed E-state index contributed by atoms with van der Waals surface area (Å²) in [4.78, 5) is 16.9. The van der Waals surface area contributed by atoms with Gasteiger partial charge in [0.15, 0.2) is 0 Å². The molecule has 1 aliphatic heterocycles. The molecule has 3 rings (SSSR count). The van der Waals surface area contributed by atoms with Gasteiger partial charge in [0.2, 0.25) is 0 Å². The molecule has 0 spiro atoms. The summed E-state index contributed by atoms with van der Waals surface area (Å²) in [6.07, 6.45) is 0. The molecule has 0 unspecified atom stereocenters. The Hall–Kier alpha value is -2.34. The Morgan fingerprint density at radius 2 is 2.00 bits per heavy atom. The predicted octanol–water partition coefficient (Wildman–Crippen LogP) is 1.98. The van der Waals surface area contributed by atoms with E-state index in [9.17, 15) is 4.79 Å². The van der Waals surface area contributed by atoms with Gasteiger partial charge in [-0.3, -0.25) is 9.69 Å². The molecule has 2 heterocycles. The monoisotopic (exact) mass is 314 g/mol. The number of rotatable bonds is 4. The Balaban J connectivity index is 1.59. The fourth-order valence-corrected chi connectivity index (χ4v) is 2.89. The van der Waals surface area contributed by atoms with Crippen molar-refractivity contribution in [3.63, 3.8) is 0 Å². The van der Waals surface area contributed by atoms with Crippen LogP contribution in [0.25, 0.3) is 0 Å². The Bertz CT molecular complexity index is 675. The van der Waals surface area contributed by atoms with Gasteiger partial charge in [0.05, 0.1) is 11.3 Å². The number of amides is 1. The van der Waals surface area contributed by atoms with Gasteiger partial charge in [-0.15, -0.1) is 0 Å². The summed E-state index contributed by atoms with van der Waals surface area (Å²) in [6.45, 7) is 5.82. The molecule has 1 fully saturated rings. The molecule has 23 heavy (non-hydrogen) atoms. The maximum absolute atomic E-state index is 12.7. The topological polar surface area (TPSA) is 61.6 Å². The molecule has 6 heteroatoms. The highest BCUT2D eigenvalue weighted by Crippen LogP contribution is 2.18. The fourth-order valence-electron chi connectivity index (χ4n) is 2.89. The van der Waals surface area contributed by atoms with Crippen LogP contribution in [0.4, 0.5) is 5.69 Å². The van der Waals surface area contributed by atoms with Crippen LogP contribution in [0.1, 0.15) is 21.8 Å². The molecule has 0 bridgehead atoms. The molecular weight excluding hydrogens is 292 g/mol. The van der Waals surface area contributed by atoms with Crippen molar-refractivity contribution in [2.24, 2.45) is 0 Å². The van der Waals surface area contributed by atoms with Crippen LogP contribution in [0.3, 0.4) is 0 Å². The zero-order chi connectivity index (χ0) is 16.2. The van der Waals surface area contributed by atoms with E-state index in [4.69, 9.17) is 4.52 Å². The number of nitrogens with zero attached hydrogens (tertiary/aromatic N) is 3. The number of carbonyl (C=O) groups excluding carboxylic acids is 1. The van der Waals surface area contributed by atoms with Crippen molar-refractivity contribution in [1.29, 1.82) is 0 Å². The number of hydrogen-bond donors (Lipinski definition) is 1. The first-order chi connectivity index (χ1) is 11.2. The van der Waals surface area contributed by atoms with Crippen molar-refractivity contribution in [3.8, 4) is 0 Å². The minimum atomic E-state index is 0.0897. The summed E-state index contributed by atoms with van der Waals surface area (Å²) < 4.78 is 5.10. The van der Waals surface area contributed by atoms with E-state index < -0.39 is 0 Å². The number of para-hydroxylation sites is 1. The first-order valence-electron chi connectivity index (χ1n) is 7.88. The van der Waals surface area contributed by atoms with Crippen LogP contribution < -0.4 is 5.32 Å². The summed E-state index contributed by atoms with van der Waals surface area (Å²) in [5.41, 5.74) is 2.55. The van der Waals surface area contributed by atoms with Crippen LogP contribution in [0.2, 0.25) is 0 Å². The maximum atomic E-state index is 12.7. The van der Waals surface area contributed by atoms with Crippen molar-refractivity contribution < 1.29 is 9.32 Å². The van der Waals surface area contributed by atoms with E-state index in [0.29, 0.717) is 0 Å². The molecule has 0 radical (unpaired) electrons. The lowest BCUT2D eigenvalue weighted by Gasteiger charge is -2.34. The number of carbonyl (C=O) groups is 1. The van der Waals surface area contributed by atoms with E-state index in [0.717, 1.165) is 55.4 Å². The fraction of sp³-hybridized carbons (Fsp3) is 0.412. The molecule has 0 saturated carbocycles. The van der Waals surface area contributed by atoms with Gasteiger partial charge in [0, 0.05) is 51.5 Å². The van der Waals surface area contributed by atoms with Crippen LogP contribution in [-0.2, 0) is 6.54 Å². The average molecular weight is 314 g/mol. The first-order valence-corrected chi connectivity index (χ1v) is 7.88. The van der Waals surface area contributed by atoms with Crippen LogP contribution in [0, 0.1) is 6.92 Å². The van der Waals surface area contributed by atoms with Crippen LogP contribution >= 0.6 is 0 Å². The maximum Gasteiger partial charge on any atom is 0.256 e. The average Bonchev–Trinajstić information content (AvgIpc) is 3.00. The highest BCUT2D eigenvalue weighted by atomic mass is 16.5. The zero-order valence-corrected chi connectivity index (χ0v) is 13.6. The third kappa shape index (κ3) is 3.53. The van der Waals surface area contributed by atoms with E-state index in [2.05, 4.69) is 15.4 Å². The molecule has 1 amide bonds. The van der Waals surface area contributed by atoms with Crippen molar-refractivity contribution in [2.45, 2.75) is 13.5 Å². The smallest absolute Gasteiger partial charge is 0.256 e. The van der Waals surface area contributed by atoms with Crippen molar-refractivity contribution in [1.82, 2.24) is 15.0 Å². The lowest BCUT2D eigenvalue weighted by Crippen LogP contribution is -2.48. The van der Waals surface area contributed by atoms with Gasteiger partial charge < -0.3 is 14.7 Å². The van der Waals surface area contributed by atoms with Gasteiger partial charge in [0.25, 0.3) is 5.91 Å². The molecule has 122 valence electrons. The largest absolute Gasteiger partial charge is 0.387 e.